The maximum absolute atomic E-state index is 11.8. The van der Waals surface area contributed by atoms with Gasteiger partial charge in [-0.25, -0.2) is 4.79 Å². The van der Waals surface area contributed by atoms with Gasteiger partial charge in [-0.1, -0.05) is 12.1 Å². The van der Waals surface area contributed by atoms with Crippen LogP contribution in [0, 0.1) is 11.3 Å². The Hall–Kier alpha value is -2.74. The predicted molar refractivity (Wildman–Crippen MR) is 80.4 cm³/mol. The number of allylic oxidation sites excluding steroid dienone is 2. The van der Waals surface area contributed by atoms with Gasteiger partial charge < -0.3 is 14.4 Å². The molecule has 0 radical (unpaired) electrons. The van der Waals surface area contributed by atoms with E-state index in [9.17, 15) is 10.1 Å². The number of ether oxygens (including phenoxy) is 2. The first-order chi connectivity index (χ1) is 10.0. The van der Waals surface area contributed by atoms with Gasteiger partial charge >= 0.3 is 5.97 Å². The molecular weight excluding hydrogens is 268 g/mol. The zero-order valence-corrected chi connectivity index (χ0v) is 12.6. The molecule has 1 aromatic carbocycles. The Balaban J connectivity index is 3.40. The highest BCUT2D eigenvalue weighted by atomic mass is 16.5. The summed E-state index contributed by atoms with van der Waals surface area (Å²) in [4.78, 5) is 13.6. The number of nitrogens with zero attached hydrogens (tertiary/aromatic N) is 2. The van der Waals surface area contributed by atoms with Crippen LogP contribution >= 0.6 is 0 Å². The molecule has 0 aliphatic rings. The summed E-state index contributed by atoms with van der Waals surface area (Å²) in [6.07, 6.45) is 3.47. The summed E-state index contributed by atoms with van der Waals surface area (Å²) >= 11 is 0. The average Bonchev–Trinajstić information content (AvgIpc) is 2.50. The van der Waals surface area contributed by atoms with E-state index in [2.05, 4.69) is 4.74 Å². The van der Waals surface area contributed by atoms with E-state index in [0.29, 0.717) is 11.3 Å². The number of benzene rings is 1. The highest BCUT2D eigenvalue weighted by molar-refractivity contribution is 6.03. The van der Waals surface area contributed by atoms with Crippen molar-refractivity contribution in [1.29, 1.82) is 5.26 Å². The Kier molecular flexibility index (Phi) is 6.02. The molecule has 0 heterocycles. The second-order valence-corrected chi connectivity index (χ2v) is 4.40. The lowest BCUT2D eigenvalue weighted by Crippen LogP contribution is -2.06. The van der Waals surface area contributed by atoms with E-state index in [4.69, 9.17) is 4.74 Å². The number of methoxy groups -OCH3 is 2. The van der Waals surface area contributed by atoms with Crippen LogP contribution in [-0.4, -0.2) is 39.2 Å². The summed E-state index contributed by atoms with van der Waals surface area (Å²) in [5, 5.41) is 9.24. The molecule has 0 fully saturated rings. The maximum atomic E-state index is 11.8. The van der Waals surface area contributed by atoms with E-state index >= 15 is 0 Å². The normalized spacial score (nSPS) is 11.6. The minimum absolute atomic E-state index is 0.0410. The van der Waals surface area contributed by atoms with Crippen molar-refractivity contribution in [3.63, 3.8) is 0 Å². The number of esters is 1. The van der Waals surface area contributed by atoms with Crippen LogP contribution in [-0.2, 0) is 9.53 Å². The van der Waals surface area contributed by atoms with E-state index in [1.807, 2.05) is 25.1 Å². The Bertz CT molecular complexity index is 593. The van der Waals surface area contributed by atoms with E-state index in [1.165, 1.54) is 7.11 Å². The molecule has 0 bridgehead atoms. The molecule has 5 heteroatoms. The summed E-state index contributed by atoms with van der Waals surface area (Å²) in [6.45, 7) is 0. The van der Waals surface area contributed by atoms with Crippen LogP contribution in [0.5, 0.6) is 5.75 Å². The fourth-order valence-corrected chi connectivity index (χ4v) is 1.64. The lowest BCUT2D eigenvalue weighted by Gasteiger charge is -2.09. The molecule has 0 aliphatic heterocycles. The molecule has 0 unspecified atom stereocenters. The molecule has 1 aromatic rings. The van der Waals surface area contributed by atoms with Crippen LogP contribution in [0.4, 0.5) is 0 Å². The second-order valence-electron chi connectivity index (χ2n) is 4.40. The summed E-state index contributed by atoms with van der Waals surface area (Å²) in [7, 11) is 6.53. The van der Waals surface area contributed by atoms with Crippen LogP contribution in [0.25, 0.3) is 5.57 Å². The van der Waals surface area contributed by atoms with Gasteiger partial charge in [0.15, 0.2) is 0 Å². The Morgan fingerprint density at radius 2 is 1.86 bits per heavy atom. The van der Waals surface area contributed by atoms with Crippen LogP contribution < -0.4 is 4.74 Å². The molecule has 110 valence electrons. The molecule has 0 saturated heterocycles. The molecule has 0 aliphatic carbocycles. The zero-order chi connectivity index (χ0) is 15.8. The molecule has 0 N–H and O–H groups in total. The monoisotopic (exact) mass is 286 g/mol. The van der Waals surface area contributed by atoms with Crippen LogP contribution in [0.15, 0.2) is 42.1 Å². The van der Waals surface area contributed by atoms with Crippen molar-refractivity contribution in [2.45, 2.75) is 0 Å². The molecule has 0 atom stereocenters. The molecular formula is C16H18N2O3. The minimum Gasteiger partial charge on any atom is -0.497 e. The summed E-state index contributed by atoms with van der Waals surface area (Å²) < 4.78 is 9.77. The van der Waals surface area contributed by atoms with Gasteiger partial charge in [0.25, 0.3) is 0 Å². The third kappa shape index (κ3) is 4.39. The zero-order valence-electron chi connectivity index (χ0n) is 12.6. The van der Waals surface area contributed by atoms with Gasteiger partial charge in [0.05, 0.1) is 14.2 Å². The fraction of sp³-hybridized carbons (Fsp3) is 0.250. The average molecular weight is 286 g/mol. The van der Waals surface area contributed by atoms with Crippen molar-refractivity contribution in [3.8, 4) is 11.8 Å². The van der Waals surface area contributed by atoms with Crippen molar-refractivity contribution < 1.29 is 14.3 Å². The summed E-state index contributed by atoms with van der Waals surface area (Å²) in [5.41, 5.74) is 1.19. The van der Waals surface area contributed by atoms with Crippen molar-refractivity contribution in [3.05, 3.63) is 47.7 Å². The number of hydrogen-bond donors (Lipinski definition) is 0. The Morgan fingerprint density at radius 1 is 1.24 bits per heavy atom. The number of carbonyl (C=O) groups is 1. The highest BCUT2D eigenvalue weighted by Crippen LogP contribution is 2.23. The first kappa shape index (κ1) is 16.3. The Labute approximate surface area is 124 Å². The number of carbonyl (C=O) groups excluding carboxylic acids is 1. The van der Waals surface area contributed by atoms with Crippen LogP contribution in [0.1, 0.15) is 5.56 Å². The first-order valence-electron chi connectivity index (χ1n) is 6.25. The fourth-order valence-electron chi connectivity index (χ4n) is 1.64. The quantitative estimate of drug-likeness (QED) is 0.359. The topological polar surface area (TPSA) is 62.6 Å². The van der Waals surface area contributed by atoms with E-state index in [0.717, 1.165) is 5.56 Å². The maximum Gasteiger partial charge on any atom is 0.349 e. The van der Waals surface area contributed by atoms with Gasteiger partial charge in [-0.05, 0) is 30.0 Å². The van der Waals surface area contributed by atoms with Gasteiger partial charge in [-0.3, -0.25) is 0 Å². The van der Waals surface area contributed by atoms with Crippen LogP contribution in [0.3, 0.4) is 0 Å². The largest absolute Gasteiger partial charge is 0.497 e. The van der Waals surface area contributed by atoms with Gasteiger partial charge in [0.1, 0.15) is 17.4 Å². The number of rotatable bonds is 5. The third-order valence-corrected chi connectivity index (χ3v) is 2.71. The molecule has 0 aromatic heterocycles. The molecule has 5 nitrogen and oxygen atoms in total. The lowest BCUT2D eigenvalue weighted by molar-refractivity contribution is -0.135. The molecule has 0 spiro atoms. The molecule has 0 saturated carbocycles. The smallest absolute Gasteiger partial charge is 0.349 e. The number of hydrogen-bond acceptors (Lipinski definition) is 5. The standard InChI is InChI=1S/C16H18N2O3/c1-18(2)10-9-14(15(11-17)16(19)21-4)12-5-7-13(20-3)8-6-12/h5-10H,1-4H3. The minimum atomic E-state index is -0.660. The van der Waals surface area contributed by atoms with E-state index in [1.54, 1.807) is 43.7 Å². The van der Waals surface area contributed by atoms with Crippen molar-refractivity contribution in [1.82, 2.24) is 4.90 Å². The summed E-state index contributed by atoms with van der Waals surface area (Å²) in [6, 6.07) is 9.02. The van der Waals surface area contributed by atoms with Gasteiger partial charge in [-0.2, -0.15) is 5.26 Å². The van der Waals surface area contributed by atoms with Gasteiger partial charge in [0, 0.05) is 19.7 Å². The predicted octanol–water partition coefficient (Wildman–Crippen LogP) is 2.22. The molecule has 21 heavy (non-hydrogen) atoms. The second kappa shape index (κ2) is 7.75. The molecule has 1 rings (SSSR count). The summed E-state index contributed by atoms with van der Waals surface area (Å²) in [5.74, 6) is 0.0398. The van der Waals surface area contributed by atoms with Crippen molar-refractivity contribution in [2.24, 2.45) is 0 Å². The van der Waals surface area contributed by atoms with Crippen LogP contribution in [0.2, 0.25) is 0 Å². The van der Waals surface area contributed by atoms with Gasteiger partial charge in [0.2, 0.25) is 0 Å². The highest BCUT2D eigenvalue weighted by Gasteiger charge is 2.15. The lowest BCUT2D eigenvalue weighted by atomic mass is 10.00. The van der Waals surface area contributed by atoms with Gasteiger partial charge in [-0.15, -0.1) is 0 Å². The SMILES string of the molecule is COC(=O)C(C#N)=C(C=CN(C)C)c1ccc(OC)cc1. The third-order valence-electron chi connectivity index (χ3n) is 2.71. The van der Waals surface area contributed by atoms with Crippen molar-refractivity contribution >= 4 is 11.5 Å². The van der Waals surface area contributed by atoms with Crippen molar-refractivity contribution in [2.75, 3.05) is 28.3 Å². The number of nitriles is 1. The Morgan fingerprint density at radius 3 is 2.29 bits per heavy atom. The van der Waals surface area contributed by atoms with E-state index < -0.39 is 5.97 Å². The van der Waals surface area contributed by atoms with E-state index in [-0.39, 0.29) is 5.57 Å². The molecule has 0 amide bonds. The first-order valence-corrected chi connectivity index (χ1v) is 6.25.